The van der Waals surface area contributed by atoms with Crippen LogP contribution in [0.4, 0.5) is 8.78 Å². The Hall–Kier alpha value is -1.12. The van der Waals surface area contributed by atoms with Crippen molar-refractivity contribution >= 4 is 0 Å². The molecule has 3 heteroatoms. The number of rotatable bonds is 5. The van der Waals surface area contributed by atoms with Gasteiger partial charge in [0.25, 0.3) is 0 Å². The molecule has 0 aromatic heterocycles. The molecule has 0 N–H and O–H groups in total. The maximum atomic E-state index is 14.1. The molecule has 0 saturated heterocycles. The van der Waals surface area contributed by atoms with Crippen molar-refractivity contribution in [1.29, 1.82) is 0 Å². The van der Waals surface area contributed by atoms with E-state index in [2.05, 4.69) is 6.92 Å². The molecule has 1 nitrogen and oxygen atoms in total. The molecule has 0 spiro atoms. The average Bonchev–Trinajstić information content (AvgIpc) is 2.46. The molecule has 1 aromatic carbocycles. The SMILES string of the molecule is CCCC1CC[C](c2ccc(OCC)c(F)c2F)CC1. The van der Waals surface area contributed by atoms with E-state index in [0.29, 0.717) is 12.2 Å². The van der Waals surface area contributed by atoms with Gasteiger partial charge in [0.2, 0.25) is 5.82 Å². The van der Waals surface area contributed by atoms with Crippen LogP contribution >= 0.6 is 0 Å². The molecule has 0 heterocycles. The summed E-state index contributed by atoms with van der Waals surface area (Å²) in [6.07, 6.45) is 6.40. The lowest BCUT2D eigenvalue weighted by Gasteiger charge is -2.28. The molecule has 1 radical (unpaired) electrons. The molecule has 0 bridgehead atoms. The first-order chi connectivity index (χ1) is 9.67. The van der Waals surface area contributed by atoms with Crippen LogP contribution in [0.1, 0.15) is 57.9 Å². The van der Waals surface area contributed by atoms with Crippen LogP contribution in [0.5, 0.6) is 5.75 Å². The van der Waals surface area contributed by atoms with Crippen LogP contribution in [0.3, 0.4) is 0 Å². The van der Waals surface area contributed by atoms with Crippen LogP contribution in [0.15, 0.2) is 12.1 Å². The van der Waals surface area contributed by atoms with E-state index in [1.807, 2.05) is 0 Å². The van der Waals surface area contributed by atoms with Crippen molar-refractivity contribution in [3.63, 3.8) is 0 Å². The minimum absolute atomic E-state index is 0.00835. The minimum Gasteiger partial charge on any atom is -0.491 e. The maximum Gasteiger partial charge on any atom is 0.200 e. The van der Waals surface area contributed by atoms with Gasteiger partial charge in [0.15, 0.2) is 11.6 Å². The molecule has 1 fully saturated rings. The largest absolute Gasteiger partial charge is 0.491 e. The molecule has 0 atom stereocenters. The van der Waals surface area contributed by atoms with Crippen molar-refractivity contribution in [1.82, 2.24) is 0 Å². The summed E-state index contributed by atoms with van der Waals surface area (Å²) in [6.45, 7) is 4.29. The molecule has 1 aliphatic carbocycles. The van der Waals surface area contributed by atoms with Gasteiger partial charge in [0.1, 0.15) is 0 Å². The van der Waals surface area contributed by atoms with E-state index >= 15 is 0 Å². The highest BCUT2D eigenvalue weighted by Crippen LogP contribution is 2.39. The van der Waals surface area contributed by atoms with Gasteiger partial charge < -0.3 is 4.74 Å². The van der Waals surface area contributed by atoms with E-state index in [1.54, 1.807) is 19.1 Å². The summed E-state index contributed by atoms with van der Waals surface area (Å²) >= 11 is 0. The lowest BCUT2D eigenvalue weighted by atomic mass is 9.77. The first-order valence-corrected chi connectivity index (χ1v) is 7.63. The molecule has 1 aliphatic rings. The van der Waals surface area contributed by atoms with Gasteiger partial charge in [-0.05, 0) is 50.2 Å². The zero-order valence-corrected chi connectivity index (χ0v) is 12.3. The van der Waals surface area contributed by atoms with Gasteiger partial charge in [0.05, 0.1) is 6.61 Å². The van der Waals surface area contributed by atoms with Crippen molar-refractivity contribution in [3.8, 4) is 5.75 Å². The van der Waals surface area contributed by atoms with Crippen LogP contribution in [-0.2, 0) is 0 Å². The quantitative estimate of drug-likeness (QED) is 0.713. The van der Waals surface area contributed by atoms with Crippen LogP contribution in [0, 0.1) is 23.5 Å². The molecule has 2 rings (SSSR count). The van der Waals surface area contributed by atoms with Gasteiger partial charge >= 0.3 is 0 Å². The Morgan fingerprint density at radius 1 is 1.10 bits per heavy atom. The fourth-order valence-corrected chi connectivity index (χ4v) is 3.06. The smallest absolute Gasteiger partial charge is 0.200 e. The summed E-state index contributed by atoms with van der Waals surface area (Å²) in [5.41, 5.74) is 0.445. The van der Waals surface area contributed by atoms with E-state index in [9.17, 15) is 8.78 Å². The molecule has 111 valence electrons. The van der Waals surface area contributed by atoms with Crippen molar-refractivity contribution < 1.29 is 13.5 Å². The Balaban J connectivity index is 2.08. The molecular weight excluding hydrogens is 258 g/mol. The second-order valence-corrected chi connectivity index (χ2v) is 5.51. The first-order valence-electron chi connectivity index (χ1n) is 7.63. The molecule has 1 saturated carbocycles. The van der Waals surface area contributed by atoms with Crippen molar-refractivity contribution in [2.75, 3.05) is 6.61 Å². The Morgan fingerprint density at radius 3 is 2.40 bits per heavy atom. The molecule has 0 unspecified atom stereocenters. The van der Waals surface area contributed by atoms with E-state index in [1.165, 1.54) is 12.8 Å². The van der Waals surface area contributed by atoms with Gasteiger partial charge in [0, 0.05) is 5.92 Å². The molecule has 0 amide bonds. The predicted octanol–water partition coefficient (Wildman–Crippen LogP) is 5.28. The van der Waals surface area contributed by atoms with Gasteiger partial charge in [-0.25, -0.2) is 4.39 Å². The van der Waals surface area contributed by atoms with Gasteiger partial charge in [-0.2, -0.15) is 4.39 Å². The lowest BCUT2D eigenvalue weighted by Crippen LogP contribution is -2.15. The third-order valence-corrected chi connectivity index (χ3v) is 4.13. The third kappa shape index (κ3) is 3.31. The third-order valence-electron chi connectivity index (χ3n) is 4.13. The first kappa shape index (κ1) is 15.3. The van der Waals surface area contributed by atoms with Crippen LogP contribution < -0.4 is 4.74 Å². The Labute approximate surface area is 120 Å². The second kappa shape index (κ2) is 7.05. The molecule has 20 heavy (non-hydrogen) atoms. The average molecular weight is 281 g/mol. The Kier molecular flexibility index (Phi) is 5.38. The maximum absolute atomic E-state index is 14.1. The number of halogens is 2. The summed E-state index contributed by atoms with van der Waals surface area (Å²) in [7, 11) is 0. The molecule has 1 aromatic rings. The van der Waals surface area contributed by atoms with Crippen LogP contribution in [0.2, 0.25) is 0 Å². The van der Waals surface area contributed by atoms with E-state index in [-0.39, 0.29) is 5.75 Å². The van der Waals surface area contributed by atoms with Gasteiger partial charge in [-0.15, -0.1) is 0 Å². The number of hydrogen-bond acceptors (Lipinski definition) is 1. The van der Waals surface area contributed by atoms with Crippen molar-refractivity contribution in [3.05, 3.63) is 35.2 Å². The zero-order valence-electron chi connectivity index (χ0n) is 12.3. The fourth-order valence-electron chi connectivity index (χ4n) is 3.06. The summed E-state index contributed by atoms with van der Waals surface area (Å²) in [6, 6.07) is 3.21. The monoisotopic (exact) mass is 281 g/mol. The van der Waals surface area contributed by atoms with E-state index < -0.39 is 11.6 Å². The standard InChI is InChI=1S/C17H23F2O/c1-3-5-12-6-8-13(9-7-12)14-10-11-15(20-4-2)17(19)16(14)18/h10-12H,3-9H2,1-2H3. The van der Waals surface area contributed by atoms with Crippen molar-refractivity contribution in [2.45, 2.75) is 52.4 Å². The number of hydrogen-bond donors (Lipinski definition) is 0. The van der Waals surface area contributed by atoms with Crippen LogP contribution in [0.25, 0.3) is 0 Å². The predicted molar refractivity (Wildman–Crippen MR) is 76.7 cm³/mol. The summed E-state index contributed by atoms with van der Waals surface area (Å²) in [5, 5.41) is 0. The Morgan fingerprint density at radius 2 is 1.80 bits per heavy atom. The van der Waals surface area contributed by atoms with Crippen LogP contribution in [-0.4, -0.2) is 6.61 Å². The highest BCUT2D eigenvalue weighted by Gasteiger charge is 2.26. The van der Waals surface area contributed by atoms with E-state index in [4.69, 9.17) is 4.74 Å². The summed E-state index contributed by atoms with van der Waals surface area (Å²) in [5.74, 6) is 0.206. The number of ether oxygens (including phenoxy) is 1. The lowest BCUT2D eigenvalue weighted by molar-refractivity contribution is 0.312. The highest BCUT2D eigenvalue weighted by molar-refractivity contribution is 5.39. The van der Waals surface area contributed by atoms with Gasteiger partial charge in [-0.3, -0.25) is 0 Å². The Bertz CT molecular complexity index is 437. The minimum atomic E-state index is -0.854. The van der Waals surface area contributed by atoms with Gasteiger partial charge in [-0.1, -0.05) is 25.8 Å². The normalized spacial score (nSPS) is 17.4. The highest BCUT2D eigenvalue weighted by atomic mass is 19.2. The molecule has 0 aliphatic heterocycles. The topological polar surface area (TPSA) is 9.23 Å². The van der Waals surface area contributed by atoms with Crippen molar-refractivity contribution in [2.24, 2.45) is 5.92 Å². The second-order valence-electron chi connectivity index (χ2n) is 5.51. The fraction of sp³-hybridized carbons (Fsp3) is 0.588. The summed E-state index contributed by atoms with van der Waals surface area (Å²) in [4.78, 5) is 0. The summed E-state index contributed by atoms with van der Waals surface area (Å²) < 4.78 is 33.1. The molecular formula is C17H23F2O. The van der Waals surface area contributed by atoms with E-state index in [0.717, 1.165) is 37.5 Å². The number of benzene rings is 1. The zero-order chi connectivity index (χ0) is 14.5.